The average Bonchev–Trinajstić information content (AvgIpc) is 3.13. The molecule has 5 heteroatoms. The monoisotopic (exact) mass is 411 g/mol. The van der Waals surface area contributed by atoms with Gasteiger partial charge < -0.3 is 15.0 Å². The summed E-state index contributed by atoms with van der Waals surface area (Å²) in [6, 6.07) is 22.4. The summed E-state index contributed by atoms with van der Waals surface area (Å²) in [5, 5.41) is 0. The smallest absolute Gasteiger partial charge is 0.224 e. The Morgan fingerprint density at radius 2 is 1.87 bits per heavy atom. The Bertz CT molecular complexity index is 1260. The summed E-state index contributed by atoms with van der Waals surface area (Å²) in [6.07, 6.45) is 2.33. The van der Waals surface area contributed by atoms with E-state index in [1.54, 1.807) is 7.11 Å². The van der Waals surface area contributed by atoms with Gasteiger partial charge in [-0.15, -0.1) is 0 Å². The predicted octanol–water partition coefficient (Wildman–Crippen LogP) is 4.47. The van der Waals surface area contributed by atoms with Crippen LogP contribution in [0.2, 0.25) is 0 Å². The molecule has 4 aromatic rings. The van der Waals surface area contributed by atoms with Crippen molar-refractivity contribution in [1.29, 1.82) is 0 Å². The quantitative estimate of drug-likeness (QED) is 0.509. The molecule has 1 aliphatic heterocycles. The molecular weight excluding hydrogens is 386 g/mol. The van der Waals surface area contributed by atoms with Crippen molar-refractivity contribution >= 4 is 16.9 Å². The number of nitrogens with two attached hydrogens (primary N) is 1. The number of aromatic nitrogens is 2. The van der Waals surface area contributed by atoms with Crippen LogP contribution >= 0.6 is 0 Å². The molecule has 0 saturated carbocycles. The zero-order valence-corrected chi connectivity index (χ0v) is 17.5. The molecular formula is C26H25N3O2. The molecule has 1 aliphatic rings. The van der Waals surface area contributed by atoms with E-state index in [0.717, 1.165) is 35.1 Å². The van der Waals surface area contributed by atoms with Crippen molar-refractivity contribution in [2.24, 2.45) is 5.73 Å². The Hall–Kier alpha value is -3.60. The van der Waals surface area contributed by atoms with Crippen molar-refractivity contribution in [3.05, 3.63) is 83.4 Å². The lowest BCUT2D eigenvalue weighted by molar-refractivity contribution is -0.119. The summed E-state index contributed by atoms with van der Waals surface area (Å²) in [5.41, 5.74) is 13.8. The zero-order valence-electron chi connectivity index (χ0n) is 17.5. The van der Waals surface area contributed by atoms with Gasteiger partial charge in [0.25, 0.3) is 0 Å². The van der Waals surface area contributed by atoms with Crippen LogP contribution in [0, 0.1) is 0 Å². The van der Waals surface area contributed by atoms with Gasteiger partial charge in [0, 0.05) is 23.7 Å². The summed E-state index contributed by atoms with van der Waals surface area (Å²) in [5.74, 6) is -0.0368. The van der Waals surface area contributed by atoms with Crippen LogP contribution in [0.4, 0.5) is 0 Å². The lowest BCUT2D eigenvalue weighted by atomic mass is 9.89. The van der Waals surface area contributed by atoms with E-state index in [0.29, 0.717) is 18.7 Å². The molecule has 31 heavy (non-hydrogen) atoms. The number of carbonyl (C=O) groups excluding carboxylic acids is 1. The van der Waals surface area contributed by atoms with E-state index in [1.165, 1.54) is 16.8 Å². The molecule has 1 unspecified atom stereocenters. The molecule has 0 fully saturated rings. The van der Waals surface area contributed by atoms with Gasteiger partial charge in [-0.3, -0.25) is 4.79 Å². The number of methoxy groups -OCH3 is 1. The van der Waals surface area contributed by atoms with Gasteiger partial charge >= 0.3 is 0 Å². The van der Waals surface area contributed by atoms with Gasteiger partial charge in [0.15, 0.2) is 0 Å². The lowest BCUT2D eigenvalue weighted by Gasteiger charge is -2.21. The van der Waals surface area contributed by atoms with E-state index in [2.05, 4.69) is 34.9 Å². The Morgan fingerprint density at radius 1 is 1.10 bits per heavy atom. The van der Waals surface area contributed by atoms with Gasteiger partial charge in [-0.1, -0.05) is 54.6 Å². The molecule has 2 aromatic carbocycles. The number of fused-ring (bicyclic) bond motifs is 5. The Labute approximate surface area is 181 Å². The Balaban J connectivity index is 1.63. The number of benzene rings is 2. The fraction of sp³-hybridized carbons (Fsp3) is 0.231. The molecule has 2 N–H and O–H groups in total. The molecule has 5 rings (SSSR count). The summed E-state index contributed by atoms with van der Waals surface area (Å²) in [4.78, 5) is 17.1. The second-order valence-corrected chi connectivity index (χ2v) is 8.01. The molecule has 1 amide bonds. The minimum absolute atomic E-state index is 0.297. The molecule has 0 bridgehead atoms. The highest BCUT2D eigenvalue weighted by Gasteiger charge is 2.26. The molecule has 5 nitrogen and oxygen atoms in total. The maximum Gasteiger partial charge on any atom is 0.224 e. The highest BCUT2D eigenvalue weighted by molar-refractivity contribution is 5.91. The van der Waals surface area contributed by atoms with E-state index in [9.17, 15) is 4.79 Å². The van der Waals surface area contributed by atoms with E-state index in [4.69, 9.17) is 15.5 Å². The minimum Gasteiger partial charge on any atom is -0.481 e. The molecule has 1 atom stereocenters. The second kappa shape index (κ2) is 7.91. The van der Waals surface area contributed by atoms with E-state index < -0.39 is 0 Å². The first-order chi connectivity index (χ1) is 15.2. The second-order valence-electron chi connectivity index (χ2n) is 8.01. The number of hydrogen-bond donors (Lipinski definition) is 1. The Kier molecular flexibility index (Phi) is 4.94. The molecule has 0 spiro atoms. The number of aryl methyl sites for hydroxylation is 3. The summed E-state index contributed by atoms with van der Waals surface area (Å²) < 4.78 is 7.78. The third-order valence-corrected chi connectivity index (χ3v) is 6.30. The molecule has 3 heterocycles. The number of hydrogen-bond acceptors (Lipinski definition) is 3. The van der Waals surface area contributed by atoms with Crippen molar-refractivity contribution in [3.8, 4) is 17.1 Å². The predicted molar refractivity (Wildman–Crippen MR) is 122 cm³/mol. The van der Waals surface area contributed by atoms with Gasteiger partial charge in [0.1, 0.15) is 0 Å². The van der Waals surface area contributed by atoms with Gasteiger partial charge in [0.05, 0.1) is 29.8 Å². The summed E-state index contributed by atoms with van der Waals surface area (Å²) in [7, 11) is 1.64. The number of nitrogens with zero attached hydrogens (tertiary/aromatic N) is 2. The summed E-state index contributed by atoms with van der Waals surface area (Å²) >= 11 is 0. The number of rotatable bonds is 6. The van der Waals surface area contributed by atoms with E-state index >= 15 is 0 Å². The molecule has 0 saturated heterocycles. The van der Waals surface area contributed by atoms with Crippen molar-refractivity contribution < 1.29 is 9.53 Å². The molecule has 156 valence electrons. The van der Waals surface area contributed by atoms with Crippen LogP contribution < -0.4 is 10.5 Å². The van der Waals surface area contributed by atoms with Crippen molar-refractivity contribution in [2.45, 2.75) is 31.7 Å². The topological polar surface area (TPSA) is 70.1 Å². The number of ether oxygens (including phenoxy) is 1. The van der Waals surface area contributed by atoms with E-state index in [1.807, 2.05) is 36.4 Å². The van der Waals surface area contributed by atoms with Crippen LogP contribution in [-0.2, 0) is 24.2 Å². The molecule has 0 radical (unpaired) electrons. The maximum absolute atomic E-state index is 12.3. The fourth-order valence-electron chi connectivity index (χ4n) is 4.81. The van der Waals surface area contributed by atoms with Crippen LogP contribution in [0.15, 0.2) is 66.7 Å². The third kappa shape index (κ3) is 3.36. The van der Waals surface area contributed by atoms with Crippen LogP contribution in [0.3, 0.4) is 0 Å². The first-order valence-corrected chi connectivity index (χ1v) is 10.7. The highest BCUT2D eigenvalue weighted by atomic mass is 16.5. The molecule has 2 aromatic heterocycles. The van der Waals surface area contributed by atoms with Gasteiger partial charge in [-0.2, -0.15) is 0 Å². The third-order valence-electron chi connectivity index (χ3n) is 6.30. The van der Waals surface area contributed by atoms with Crippen LogP contribution in [0.25, 0.3) is 22.3 Å². The van der Waals surface area contributed by atoms with E-state index in [-0.39, 0.29) is 11.8 Å². The lowest BCUT2D eigenvalue weighted by Crippen LogP contribution is -2.22. The first kappa shape index (κ1) is 19.4. The Morgan fingerprint density at radius 3 is 2.65 bits per heavy atom. The standard InChI is InChI=1S/C26H25N3O2/c1-31-23-14-13-22-24(28-23)21(12-11-20(26(27)30)17-7-3-2-4-8-17)25-19-10-6-5-9-18(19)15-16-29(22)25/h2-10,13-14,20H,11-12,15-16H2,1H3,(H2,27,30). The number of carbonyl (C=O) groups is 1. The zero-order chi connectivity index (χ0) is 21.4. The van der Waals surface area contributed by atoms with Crippen LogP contribution in [0.1, 0.15) is 29.0 Å². The van der Waals surface area contributed by atoms with Crippen molar-refractivity contribution in [2.75, 3.05) is 7.11 Å². The van der Waals surface area contributed by atoms with Gasteiger partial charge in [0.2, 0.25) is 11.8 Å². The first-order valence-electron chi connectivity index (χ1n) is 10.7. The number of amides is 1. The summed E-state index contributed by atoms with van der Waals surface area (Å²) in [6.45, 7) is 0.911. The van der Waals surface area contributed by atoms with Gasteiger partial charge in [-0.05, 0) is 36.5 Å². The number of primary amides is 1. The SMILES string of the molecule is COc1ccc2c(n1)c(CCC(C(N)=O)c1ccccc1)c1n2CCc2ccccc2-1. The van der Waals surface area contributed by atoms with Crippen molar-refractivity contribution in [3.63, 3.8) is 0 Å². The van der Waals surface area contributed by atoms with Crippen molar-refractivity contribution in [1.82, 2.24) is 9.55 Å². The maximum atomic E-state index is 12.3. The fourth-order valence-corrected chi connectivity index (χ4v) is 4.81. The minimum atomic E-state index is -0.337. The number of pyridine rings is 1. The molecule has 0 aliphatic carbocycles. The average molecular weight is 412 g/mol. The van der Waals surface area contributed by atoms with Gasteiger partial charge in [-0.25, -0.2) is 4.98 Å². The normalized spacial score (nSPS) is 13.5. The highest BCUT2D eigenvalue weighted by Crippen LogP contribution is 2.40. The largest absolute Gasteiger partial charge is 0.481 e. The van der Waals surface area contributed by atoms with Crippen LogP contribution in [-0.4, -0.2) is 22.6 Å². The van der Waals surface area contributed by atoms with Crippen LogP contribution in [0.5, 0.6) is 5.88 Å².